The zero-order valence-electron chi connectivity index (χ0n) is 11.4. The van der Waals surface area contributed by atoms with Crippen molar-refractivity contribution in [2.45, 2.75) is 31.7 Å². The lowest BCUT2D eigenvalue weighted by Gasteiger charge is -2.37. The molecule has 1 fully saturated rings. The first-order chi connectivity index (χ1) is 9.61. The van der Waals surface area contributed by atoms with Gasteiger partial charge in [-0.2, -0.15) is 0 Å². The predicted octanol–water partition coefficient (Wildman–Crippen LogP) is 5.77. The van der Waals surface area contributed by atoms with E-state index in [1.54, 1.807) is 0 Å². The molecule has 0 amide bonds. The second-order valence-corrected chi connectivity index (χ2v) is 6.88. The summed E-state index contributed by atoms with van der Waals surface area (Å²) in [6.07, 6.45) is 2.37. The molecule has 0 aromatic heterocycles. The van der Waals surface area contributed by atoms with Crippen LogP contribution in [0.15, 0.2) is 46.9 Å². The Balaban J connectivity index is 1.62. The van der Waals surface area contributed by atoms with Gasteiger partial charge in [0.15, 0.2) is 0 Å². The van der Waals surface area contributed by atoms with Crippen molar-refractivity contribution in [1.82, 2.24) is 0 Å². The maximum absolute atomic E-state index is 6.06. The lowest BCUT2D eigenvalue weighted by Crippen LogP contribution is -2.34. The number of hydrogen-bond donors (Lipinski definition) is 1. The molecule has 1 aliphatic carbocycles. The molecule has 0 saturated heterocycles. The largest absolute Gasteiger partial charge is 0.382 e. The van der Waals surface area contributed by atoms with E-state index in [0.717, 1.165) is 15.2 Å². The Morgan fingerprint density at radius 1 is 1.15 bits per heavy atom. The fourth-order valence-corrected chi connectivity index (χ4v) is 3.33. The number of nitrogens with one attached hydrogen (secondary N) is 1. The molecule has 0 spiro atoms. The summed E-state index contributed by atoms with van der Waals surface area (Å²) >= 11 is 9.60. The van der Waals surface area contributed by atoms with E-state index >= 15 is 0 Å². The lowest BCUT2D eigenvalue weighted by atomic mass is 9.76. The fraction of sp³-hybridized carbons (Fsp3) is 0.294. The second kappa shape index (κ2) is 5.79. The molecular weight excluding hydrogens is 334 g/mol. The van der Waals surface area contributed by atoms with Gasteiger partial charge in [-0.05, 0) is 61.1 Å². The first-order valence-corrected chi connectivity index (χ1v) is 8.07. The van der Waals surface area contributed by atoms with Crippen molar-refractivity contribution in [3.63, 3.8) is 0 Å². The Morgan fingerprint density at radius 3 is 2.70 bits per heavy atom. The maximum atomic E-state index is 6.06. The molecule has 20 heavy (non-hydrogen) atoms. The Labute approximate surface area is 133 Å². The van der Waals surface area contributed by atoms with Gasteiger partial charge in [-0.1, -0.05) is 45.7 Å². The number of hydrogen-bond acceptors (Lipinski definition) is 1. The SMILES string of the molecule is Cc1ccc(Cl)cc1NC1CC(c2cccc(Br)c2)C1. The van der Waals surface area contributed by atoms with Crippen molar-refractivity contribution in [1.29, 1.82) is 0 Å². The molecule has 104 valence electrons. The Hall–Kier alpha value is -0.990. The van der Waals surface area contributed by atoms with E-state index in [1.807, 2.05) is 12.1 Å². The van der Waals surface area contributed by atoms with Gasteiger partial charge in [-0.25, -0.2) is 0 Å². The first kappa shape index (κ1) is 14.0. The van der Waals surface area contributed by atoms with Gasteiger partial charge in [0.1, 0.15) is 0 Å². The zero-order chi connectivity index (χ0) is 14.1. The molecule has 3 heteroatoms. The monoisotopic (exact) mass is 349 g/mol. The molecule has 0 heterocycles. The van der Waals surface area contributed by atoms with E-state index in [2.05, 4.69) is 58.5 Å². The smallest absolute Gasteiger partial charge is 0.0426 e. The standard InChI is InChI=1S/C17H17BrClN/c1-11-5-6-15(19)10-17(11)20-16-8-13(9-16)12-3-2-4-14(18)7-12/h2-7,10,13,16,20H,8-9H2,1H3. The predicted molar refractivity (Wildman–Crippen MR) is 89.7 cm³/mol. The van der Waals surface area contributed by atoms with Gasteiger partial charge >= 0.3 is 0 Å². The van der Waals surface area contributed by atoms with Crippen LogP contribution in [0.1, 0.15) is 29.9 Å². The highest BCUT2D eigenvalue weighted by Crippen LogP contribution is 2.39. The summed E-state index contributed by atoms with van der Waals surface area (Å²) in [5, 5.41) is 4.40. The summed E-state index contributed by atoms with van der Waals surface area (Å²) in [7, 11) is 0. The normalized spacial score (nSPS) is 21.4. The summed E-state index contributed by atoms with van der Waals surface area (Å²) in [6, 6.07) is 15.2. The minimum absolute atomic E-state index is 0.552. The van der Waals surface area contributed by atoms with Crippen LogP contribution in [0.2, 0.25) is 5.02 Å². The number of benzene rings is 2. The summed E-state index contributed by atoms with van der Waals surface area (Å²) in [5.74, 6) is 0.671. The minimum Gasteiger partial charge on any atom is -0.382 e. The molecule has 0 atom stereocenters. The number of anilines is 1. The van der Waals surface area contributed by atoms with Gasteiger partial charge in [0, 0.05) is 21.2 Å². The lowest BCUT2D eigenvalue weighted by molar-refractivity contribution is 0.374. The molecule has 1 aliphatic rings. The number of rotatable bonds is 3. The molecule has 3 rings (SSSR count). The molecular formula is C17H17BrClN. The molecule has 0 bridgehead atoms. The Morgan fingerprint density at radius 2 is 1.95 bits per heavy atom. The summed E-state index contributed by atoms with van der Waals surface area (Å²) in [5.41, 5.74) is 3.84. The average molecular weight is 351 g/mol. The van der Waals surface area contributed by atoms with Gasteiger partial charge < -0.3 is 5.32 Å². The molecule has 0 aliphatic heterocycles. The Kier molecular flexibility index (Phi) is 4.04. The van der Waals surface area contributed by atoms with Crippen molar-refractivity contribution in [2.24, 2.45) is 0 Å². The van der Waals surface area contributed by atoms with Crippen molar-refractivity contribution >= 4 is 33.2 Å². The molecule has 1 N–H and O–H groups in total. The average Bonchev–Trinajstić information content (AvgIpc) is 2.37. The van der Waals surface area contributed by atoms with Gasteiger partial charge in [0.05, 0.1) is 0 Å². The third-order valence-corrected chi connectivity index (χ3v) is 4.75. The van der Waals surface area contributed by atoms with Crippen LogP contribution in [0, 0.1) is 6.92 Å². The van der Waals surface area contributed by atoms with Crippen LogP contribution in [0.3, 0.4) is 0 Å². The van der Waals surface area contributed by atoms with Crippen molar-refractivity contribution in [2.75, 3.05) is 5.32 Å². The fourth-order valence-electron chi connectivity index (χ4n) is 2.74. The quantitative estimate of drug-likeness (QED) is 0.741. The van der Waals surface area contributed by atoms with Crippen LogP contribution in [0.5, 0.6) is 0 Å². The third-order valence-electron chi connectivity index (χ3n) is 4.02. The highest BCUT2D eigenvalue weighted by atomic mass is 79.9. The van der Waals surface area contributed by atoms with Crippen molar-refractivity contribution in [3.8, 4) is 0 Å². The van der Waals surface area contributed by atoms with Crippen molar-refractivity contribution in [3.05, 3.63) is 63.1 Å². The summed E-state index contributed by atoms with van der Waals surface area (Å²) < 4.78 is 1.16. The minimum atomic E-state index is 0.552. The van der Waals surface area contributed by atoms with Crippen molar-refractivity contribution < 1.29 is 0 Å². The van der Waals surface area contributed by atoms with E-state index in [-0.39, 0.29) is 0 Å². The number of halogens is 2. The van der Waals surface area contributed by atoms with Crippen LogP contribution in [0.4, 0.5) is 5.69 Å². The summed E-state index contributed by atoms with van der Waals surface area (Å²) in [6.45, 7) is 2.11. The van der Waals surface area contributed by atoms with E-state index in [1.165, 1.54) is 24.0 Å². The molecule has 2 aromatic rings. The molecule has 1 nitrogen and oxygen atoms in total. The van der Waals surface area contributed by atoms with E-state index in [9.17, 15) is 0 Å². The van der Waals surface area contributed by atoms with E-state index in [0.29, 0.717) is 12.0 Å². The molecule has 0 radical (unpaired) electrons. The zero-order valence-corrected chi connectivity index (χ0v) is 13.7. The van der Waals surface area contributed by atoms with Gasteiger partial charge in [-0.15, -0.1) is 0 Å². The van der Waals surface area contributed by atoms with Crippen LogP contribution < -0.4 is 5.32 Å². The van der Waals surface area contributed by atoms with E-state index in [4.69, 9.17) is 11.6 Å². The van der Waals surface area contributed by atoms with Crippen LogP contribution in [-0.2, 0) is 0 Å². The van der Waals surface area contributed by atoms with Gasteiger partial charge in [0.2, 0.25) is 0 Å². The molecule has 2 aromatic carbocycles. The highest BCUT2D eigenvalue weighted by Gasteiger charge is 2.30. The second-order valence-electron chi connectivity index (χ2n) is 5.52. The van der Waals surface area contributed by atoms with Gasteiger partial charge in [0.25, 0.3) is 0 Å². The maximum Gasteiger partial charge on any atom is 0.0426 e. The summed E-state index contributed by atoms with van der Waals surface area (Å²) in [4.78, 5) is 0. The van der Waals surface area contributed by atoms with Crippen LogP contribution in [0.25, 0.3) is 0 Å². The first-order valence-electron chi connectivity index (χ1n) is 6.90. The third kappa shape index (κ3) is 3.02. The van der Waals surface area contributed by atoms with Gasteiger partial charge in [-0.3, -0.25) is 0 Å². The molecule has 0 unspecified atom stereocenters. The number of aryl methyl sites for hydroxylation is 1. The van der Waals surface area contributed by atoms with Crippen LogP contribution in [-0.4, -0.2) is 6.04 Å². The molecule has 1 saturated carbocycles. The Bertz CT molecular complexity index is 620. The highest BCUT2D eigenvalue weighted by molar-refractivity contribution is 9.10. The van der Waals surface area contributed by atoms with Crippen LogP contribution >= 0.6 is 27.5 Å². The topological polar surface area (TPSA) is 12.0 Å². The van der Waals surface area contributed by atoms with E-state index < -0.39 is 0 Å².